The Morgan fingerprint density at radius 1 is 1.47 bits per heavy atom. The average molecular weight is 260 g/mol. The first-order valence-corrected chi connectivity index (χ1v) is 6.61. The number of nitrogens with one attached hydrogen (secondary N) is 2. The largest absolute Gasteiger partial charge is 0.356 e. The summed E-state index contributed by atoms with van der Waals surface area (Å²) >= 11 is 0. The van der Waals surface area contributed by atoms with E-state index in [0.717, 1.165) is 23.3 Å². The first-order valence-electron chi connectivity index (χ1n) is 6.61. The quantitative estimate of drug-likeness (QED) is 0.733. The maximum absolute atomic E-state index is 11.5. The zero-order valence-corrected chi connectivity index (χ0v) is 11.1. The van der Waals surface area contributed by atoms with E-state index in [4.69, 9.17) is 5.73 Å². The number of benzene rings is 1. The number of amides is 1. The molecule has 5 nitrogen and oxygen atoms in total. The van der Waals surface area contributed by atoms with Gasteiger partial charge in [-0.1, -0.05) is 12.1 Å². The van der Waals surface area contributed by atoms with Gasteiger partial charge in [-0.3, -0.25) is 4.79 Å². The first-order chi connectivity index (χ1) is 9.15. The van der Waals surface area contributed by atoms with E-state index in [0.29, 0.717) is 19.4 Å². The Labute approximate surface area is 112 Å². The molecule has 0 aliphatic heterocycles. The van der Waals surface area contributed by atoms with Crippen LogP contribution in [-0.4, -0.2) is 28.5 Å². The normalized spacial score (nSPS) is 12.5. The summed E-state index contributed by atoms with van der Waals surface area (Å²) in [6, 6.07) is 7.97. The van der Waals surface area contributed by atoms with Gasteiger partial charge in [0.15, 0.2) is 0 Å². The zero-order chi connectivity index (χ0) is 13.7. The van der Waals surface area contributed by atoms with E-state index in [9.17, 15) is 4.79 Å². The van der Waals surface area contributed by atoms with Crippen molar-refractivity contribution in [2.75, 3.05) is 6.54 Å². The molecule has 1 heterocycles. The molecule has 5 heteroatoms. The van der Waals surface area contributed by atoms with Gasteiger partial charge in [-0.05, 0) is 25.5 Å². The summed E-state index contributed by atoms with van der Waals surface area (Å²) in [5.41, 5.74) is 7.60. The van der Waals surface area contributed by atoms with Crippen LogP contribution in [0.15, 0.2) is 24.3 Å². The predicted octanol–water partition coefficient (Wildman–Crippen LogP) is 1.35. The fourth-order valence-corrected chi connectivity index (χ4v) is 1.89. The van der Waals surface area contributed by atoms with Crippen molar-refractivity contribution in [3.05, 3.63) is 30.1 Å². The molecule has 19 heavy (non-hydrogen) atoms. The minimum atomic E-state index is 0.0495. The minimum Gasteiger partial charge on any atom is -0.356 e. The Bertz CT molecular complexity index is 514. The van der Waals surface area contributed by atoms with Crippen molar-refractivity contribution >= 4 is 16.9 Å². The maximum Gasteiger partial charge on any atom is 0.220 e. The number of para-hydroxylation sites is 2. The number of H-pyrrole nitrogens is 1. The lowest BCUT2D eigenvalue weighted by Gasteiger charge is -2.05. The predicted molar refractivity (Wildman–Crippen MR) is 75.7 cm³/mol. The number of hydrogen-bond acceptors (Lipinski definition) is 3. The summed E-state index contributed by atoms with van der Waals surface area (Å²) in [5.74, 6) is 0.946. The highest BCUT2D eigenvalue weighted by Crippen LogP contribution is 2.10. The van der Waals surface area contributed by atoms with Crippen molar-refractivity contribution in [3.8, 4) is 0 Å². The molecule has 0 saturated carbocycles. The Kier molecular flexibility index (Phi) is 4.52. The van der Waals surface area contributed by atoms with E-state index < -0.39 is 0 Å². The highest BCUT2D eigenvalue weighted by molar-refractivity contribution is 5.76. The summed E-state index contributed by atoms with van der Waals surface area (Å²) in [6.07, 6.45) is 1.91. The van der Waals surface area contributed by atoms with Gasteiger partial charge in [-0.25, -0.2) is 4.98 Å². The lowest BCUT2D eigenvalue weighted by Crippen LogP contribution is -2.27. The van der Waals surface area contributed by atoms with Crippen molar-refractivity contribution in [1.29, 1.82) is 0 Å². The third kappa shape index (κ3) is 4.06. The number of rotatable bonds is 6. The van der Waals surface area contributed by atoms with Crippen molar-refractivity contribution in [2.24, 2.45) is 5.73 Å². The number of nitrogens with zero attached hydrogens (tertiary/aromatic N) is 1. The van der Waals surface area contributed by atoms with E-state index in [1.54, 1.807) is 0 Å². The number of carbonyl (C=O) groups is 1. The van der Waals surface area contributed by atoms with Gasteiger partial charge in [-0.15, -0.1) is 0 Å². The van der Waals surface area contributed by atoms with Gasteiger partial charge in [0.05, 0.1) is 11.0 Å². The Balaban J connectivity index is 1.77. The highest BCUT2D eigenvalue weighted by Gasteiger charge is 2.05. The molecule has 4 N–H and O–H groups in total. The number of imidazole rings is 1. The molecule has 1 aromatic heterocycles. The smallest absolute Gasteiger partial charge is 0.220 e. The van der Waals surface area contributed by atoms with E-state index in [1.165, 1.54) is 0 Å². The summed E-state index contributed by atoms with van der Waals surface area (Å²) in [6.45, 7) is 2.50. The Morgan fingerprint density at radius 3 is 3.00 bits per heavy atom. The Morgan fingerprint density at radius 2 is 2.26 bits per heavy atom. The zero-order valence-electron chi connectivity index (χ0n) is 11.1. The fourth-order valence-electron chi connectivity index (χ4n) is 1.89. The lowest BCUT2D eigenvalue weighted by molar-refractivity contribution is -0.121. The highest BCUT2D eigenvalue weighted by atomic mass is 16.1. The molecule has 102 valence electrons. The molecule has 0 spiro atoms. The molecule has 2 aromatic rings. The summed E-state index contributed by atoms with van der Waals surface area (Å²) in [5, 5.41) is 2.88. The second kappa shape index (κ2) is 6.33. The summed E-state index contributed by atoms with van der Waals surface area (Å²) in [7, 11) is 0. The molecule has 1 unspecified atom stereocenters. The van der Waals surface area contributed by atoms with E-state index >= 15 is 0 Å². The molecular weight excluding hydrogens is 240 g/mol. The van der Waals surface area contributed by atoms with E-state index in [-0.39, 0.29) is 11.9 Å². The SMILES string of the molecule is CC(N)CCC(=O)NCCc1nc2ccccc2[nH]1. The van der Waals surface area contributed by atoms with Crippen LogP contribution >= 0.6 is 0 Å². The topological polar surface area (TPSA) is 83.8 Å². The minimum absolute atomic E-state index is 0.0495. The van der Waals surface area contributed by atoms with Crippen LogP contribution in [0.5, 0.6) is 0 Å². The van der Waals surface area contributed by atoms with Crippen molar-refractivity contribution < 1.29 is 4.79 Å². The van der Waals surface area contributed by atoms with Crippen molar-refractivity contribution in [3.63, 3.8) is 0 Å². The second-order valence-corrected chi connectivity index (χ2v) is 4.82. The lowest BCUT2D eigenvalue weighted by atomic mass is 10.2. The van der Waals surface area contributed by atoms with Gasteiger partial charge in [0.25, 0.3) is 0 Å². The second-order valence-electron chi connectivity index (χ2n) is 4.82. The number of aromatic nitrogens is 2. The number of carbonyl (C=O) groups excluding carboxylic acids is 1. The van der Waals surface area contributed by atoms with Gasteiger partial charge in [0.2, 0.25) is 5.91 Å². The average Bonchev–Trinajstić information content (AvgIpc) is 2.79. The molecule has 0 saturated heterocycles. The van der Waals surface area contributed by atoms with Crippen molar-refractivity contribution in [1.82, 2.24) is 15.3 Å². The number of fused-ring (bicyclic) bond motifs is 1. The van der Waals surface area contributed by atoms with E-state index in [2.05, 4.69) is 15.3 Å². The molecule has 0 bridgehead atoms. The van der Waals surface area contributed by atoms with Gasteiger partial charge >= 0.3 is 0 Å². The van der Waals surface area contributed by atoms with Crippen LogP contribution in [0, 0.1) is 0 Å². The van der Waals surface area contributed by atoms with Crippen LogP contribution in [0.25, 0.3) is 11.0 Å². The monoisotopic (exact) mass is 260 g/mol. The summed E-state index contributed by atoms with van der Waals surface area (Å²) < 4.78 is 0. The molecule has 0 aliphatic rings. The number of aromatic amines is 1. The van der Waals surface area contributed by atoms with Crippen LogP contribution in [0.3, 0.4) is 0 Å². The molecule has 2 rings (SSSR count). The fraction of sp³-hybridized carbons (Fsp3) is 0.429. The third-order valence-electron chi connectivity index (χ3n) is 2.95. The van der Waals surface area contributed by atoms with Gasteiger partial charge in [0, 0.05) is 25.4 Å². The van der Waals surface area contributed by atoms with Crippen LogP contribution < -0.4 is 11.1 Å². The van der Waals surface area contributed by atoms with Gasteiger partial charge < -0.3 is 16.0 Å². The number of nitrogens with two attached hydrogens (primary N) is 1. The molecule has 1 atom stereocenters. The summed E-state index contributed by atoms with van der Waals surface area (Å²) in [4.78, 5) is 19.2. The first kappa shape index (κ1) is 13.5. The molecular formula is C14H20N4O. The molecule has 1 amide bonds. The van der Waals surface area contributed by atoms with Crippen LogP contribution in [-0.2, 0) is 11.2 Å². The molecule has 0 aliphatic carbocycles. The van der Waals surface area contributed by atoms with Gasteiger partial charge in [-0.2, -0.15) is 0 Å². The van der Waals surface area contributed by atoms with Crippen LogP contribution in [0.4, 0.5) is 0 Å². The van der Waals surface area contributed by atoms with Crippen LogP contribution in [0.1, 0.15) is 25.6 Å². The molecule has 0 fully saturated rings. The Hall–Kier alpha value is -1.88. The van der Waals surface area contributed by atoms with Crippen molar-refractivity contribution in [2.45, 2.75) is 32.2 Å². The third-order valence-corrected chi connectivity index (χ3v) is 2.95. The van der Waals surface area contributed by atoms with Gasteiger partial charge in [0.1, 0.15) is 5.82 Å². The molecule has 1 aromatic carbocycles. The standard InChI is InChI=1S/C14H20N4O/c1-10(15)6-7-14(19)16-9-8-13-17-11-4-2-3-5-12(11)18-13/h2-5,10H,6-9,15H2,1H3,(H,16,19)(H,17,18). The molecule has 0 radical (unpaired) electrons. The maximum atomic E-state index is 11.5. The van der Waals surface area contributed by atoms with Crippen LogP contribution in [0.2, 0.25) is 0 Å². The van der Waals surface area contributed by atoms with E-state index in [1.807, 2.05) is 31.2 Å². The number of hydrogen-bond donors (Lipinski definition) is 3.